The zero-order valence-electron chi connectivity index (χ0n) is 38.1. The Balaban J connectivity index is 4.26. The van der Waals surface area contributed by atoms with Crippen LogP contribution in [0.3, 0.4) is 0 Å². The number of esters is 3. The maximum Gasteiger partial charge on any atom is 0.306 e. The molecule has 0 heterocycles. The van der Waals surface area contributed by atoms with E-state index in [1.807, 2.05) is 0 Å². The quantitative estimate of drug-likeness (QED) is 0.0264. The van der Waals surface area contributed by atoms with Crippen molar-refractivity contribution in [1.82, 2.24) is 0 Å². The minimum atomic E-state index is -0.776. The molecule has 0 aliphatic carbocycles. The molecule has 0 saturated carbocycles. The molecule has 0 aromatic rings. The van der Waals surface area contributed by atoms with Gasteiger partial charge in [0.2, 0.25) is 0 Å². The third-order valence-corrected chi connectivity index (χ3v) is 11.0. The van der Waals surface area contributed by atoms with Gasteiger partial charge in [0, 0.05) is 19.3 Å². The standard InChI is InChI=1S/C51H94O6/c1-4-7-10-13-16-19-21-23-24-25-26-27-28-30-32-35-38-41-44-50(53)56-47-48(46-55-49(52)43-40-37-34-31-18-15-12-9-6-3)57-51(54)45-42-39-36-33-29-22-20-17-14-11-8-5-2/h9,12,18,31,48H,4-8,10-11,13-17,19-30,32-47H2,1-3H3/b12-9-,31-18-. The molecule has 0 aliphatic rings. The number of carbonyl (C=O) groups is 3. The van der Waals surface area contributed by atoms with Gasteiger partial charge in [0.15, 0.2) is 6.10 Å². The van der Waals surface area contributed by atoms with Crippen LogP contribution in [0.15, 0.2) is 24.3 Å². The lowest BCUT2D eigenvalue weighted by Gasteiger charge is -2.18. The smallest absolute Gasteiger partial charge is 0.306 e. The second kappa shape index (κ2) is 46.6. The van der Waals surface area contributed by atoms with Crippen LogP contribution in [0.4, 0.5) is 0 Å². The monoisotopic (exact) mass is 803 g/mol. The lowest BCUT2D eigenvalue weighted by atomic mass is 10.0. The van der Waals surface area contributed by atoms with Crippen LogP contribution in [0.25, 0.3) is 0 Å². The molecule has 0 fully saturated rings. The number of unbranched alkanes of at least 4 members (excludes halogenated alkanes) is 30. The summed E-state index contributed by atoms with van der Waals surface area (Å²) in [6.07, 6.45) is 51.8. The van der Waals surface area contributed by atoms with Gasteiger partial charge >= 0.3 is 17.9 Å². The molecule has 0 rings (SSSR count). The fourth-order valence-electron chi connectivity index (χ4n) is 7.25. The van der Waals surface area contributed by atoms with E-state index in [-0.39, 0.29) is 31.1 Å². The van der Waals surface area contributed by atoms with E-state index in [1.165, 1.54) is 154 Å². The van der Waals surface area contributed by atoms with Crippen molar-refractivity contribution < 1.29 is 28.6 Å². The Hall–Kier alpha value is -2.11. The highest BCUT2D eigenvalue weighted by atomic mass is 16.6. The van der Waals surface area contributed by atoms with Crippen molar-refractivity contribution in [3.63, 3.8) is 0 Å². The van der Waals surface area contributed by atoms with Gasteiger partial charge < -0.3 is 14.2 Å². The van der Waals surface area contributed by atoms with Crippen molar-refractivity contribution in [1.29, 1.82) is 0 Å². The van der Waals surface area contributed by atoms with Crippen LogP contribution in [0.5, 0.6) is 0 Å². The molecule has 1 unspecified atom stereocenters. The second-order valence-electron chi connectivity index (χ2n) is 16.7. The summed E-state index contributed by atoms with van der Waals surface area (Å²) in [4.78, 5) is 37.8. The first kappa shape index (κ1) is 54.9. The highest BCUT2D eigenvalue weighted by molar-refractivity contribution is 5.71. The summed E-state index contributed by atoms with van der Waals surface area (Å²) in [6.45, 7) is 6.50. The van der Waals surface area contributed by atoms with E-state index in [1.54, 1.807) is 0 Å². The molecule has 6 heteroatoms. The lowest BCUT2D eigenvalue weighted by Crippen LogP contribution is -2.30. The van der Waals surface area contributed by atoms with Crippen LogP contribution >= 0.6 is 0 Å². The predicted octanol–water partition coefficient (Wildman–Crippen LogP) is 16.0. The van der Waals surface area contributed by atoms with Gasteiger partial charge in [-0.15, -0.1) is 0 Å². The van der Waals surface area contributed by atoms with Gasteiger partial charge in [-0.25, -0.2) is 0 Å². The fraction of sp³-hybridized carbons (Fsp3) is 0.863. The third kappa shape index (κ3) is 44.8. The first-order valence-corrected chi connectivity index (χ1v) is 24.8. The van der Waals surface area contributed by atoms with E-state index < -0.39 is 6.10 Å². The van der Waals surface area contributed by atoms with Gasteiger partial charge in [-0.3, -0.25) is 14.4 Å². The Morgan fingerprint density at radius 2 is 0.684 bits per heavy atom. The summed E-state index contributed by atoms with van der Waals surface area (Å²) < 4.78 is 16.7. The van der Waals surface area contributed by atoms with E-state index >= 15 is 0 Å². The topological polar surface area (TPSA) is 78.9 Å². The third-order valence-electron chi connectivity index (χ3n) is 11.0. The zero-order valence-corrected chi connectivity index (χ0v) is 38.1. The molecule has 0 radical (unpaired) electrons. The Morgan fingerprint density at radius 3 is 1.05 bits per heavy atom. The average molecular weight is 803 g/mol. The molecule has 334 valence electrons. The van der Waals surface area contributed by atoms with Crippen molar-refractivity contribution in [2.75, 3.05) is 13.2 Å². The van der Waals surface area contributed by atoms with Crippen LogP contribution in [-0.4, -0.2) is 37.2 Å². The maximum atomic E-state index is 12.7. The van der Waals surface area contributed by atoms with E-state index in [0.717, 1.165) is 70.6 Å². The molecule has 0 amide bonds. The molecule has 0 saturated heterocycles. The van der Waals surface area contributed by atoms with Gasteiger partial charge in [-0.1, -0.05) is 225 Å². The minimum absolute atomic E-state index is 0.0768. The van der Waals surface area contributed by atoms with Crippen LogP contribution in [0.1, 0.15) is 265 Å². The van der Waals surface area contributed by atoms with E-state index in [9.17, 15) is 14.4 Å². The summed E-state index contributed by atoms with van der Waals surface area (Å²) in [5.74, 6) is -0.904. The molecular formula is C51H94O6. The van der Waals surface area contributed by atoms with Crippen molar-refractivity contribution in [3.8, 4) is 0 Å². The van der Waals surface area contributed by atoms with E-state index in [4.69, 9.17) is 14.2 Å². The van der Waals surface area contributed by atoms with Crippen LogP contribution < -0.4 is 0 Å². The van der Waals surface area contributed by atoms with Crippen molar-refractivity contribution in [2.24, 2.45) is 0 Å². The summed E-state index contributed by atoms with van der Waals surface area (Å²) in [5, 5.41) is 0. The summed E-state index contributed by atoms with van der Waals surface area (Å²) >= 11 is 0. The van der Waals surface area contributed by atoms with Gasteiger partial charge in [0.1, 0.15) is 13.2 Å². The molecule has 0 N–H and O–H groups in total. The zero-order chi connectivity index (χ0) is 41.5. The average Bonchev–Trinajstić information content (AvgIpc) is 3.21. The highest BCUT2D eigenvalue weighted by Crippen LogP contribution is 2.16. The number of carbonyl (C=O) groups excluding carboxylic acids is 3. The number of hydrogen-bond donors (Lipinski definition) is 0. The van der Waals surface area contributed by atoms with Gasteiger partial charge in [-0.05, 0) is 44.9 Å². The Bertz CT molecular complexity index is 927. The summed E-state index contributed by atoms with van der Waals surface area (Å²) in [5.41, 5.74) is 0. The first-order chi connectivity index (χ1) is 28.0. The highest BCUT2D eigenvalue weighted by Gasteiger charge is 2.19. The van der Waals surface area contributed by atoms with E-state index in [2.05, 4.69) is 45.1 Å². The Morgan fingerprint density at radius 1 is 0.368 bits per heavy atom. The largest absolute Gasteiger partial charge is 0.462 e. The van der Waals surface area contributed by atoms with Gasteiger partial charge in [0.25, 0.3) is 0 Å². The van der Waals surface area contributed by atoms with Gasteiger partial charge in [-0.2, -0.15) is 0 Å². The molecule has 0 bridgehead atoms. The van der Waals surface area contributed by atoms with Gasteiger partial charge in [0.05, 0.1) is 0 Å². The molecule has 1 atom stereocenters. The minimum Gasteiger partial charge on any atom is -0.462 e. The van der Waals surface area contributed by atoms with Crippen molar-refractivity contribution in [3.05, 3.63) is 24.3 Å². The Labute approximate surface area is 353 Å². The Kier molecular flexibility index (Phi) is 44.9. The van der Waals surface area contributed by atoms with Crippen molar-refractivity contribution in [2.45, 2.75) is 271 Å². The molecule has 57 heavy (non-hydrogen) atoms. The molecule has 0 aromatic carbocycles. The molecule has 0 aliphatic heterocycles. The maximum absolute atomic E-state index is 12.7. The first-order valence-electron chi connectivity index (χ1n) is 24.8. The summed E-state index contributed by atoms with van der Waals surface area (Å²) in [7, 11) is 0. The van der Waals surface area contributed by atoms with Crippen LogP contribution in [0, 0.1) is 0 Å². The van der Waals surface area contributed by atoms with E-state index in [0.29, 0.717) is 19.3 Å². The number of allylic oxidation sites excluding steroid dienone is 4. The number of hydrogen-bond acceptors (Lipinski definition) is 6. The predicted molar refractivity (Wildman–Crippen MR) is 243 cm³/mol. The second-order valence-corrected chi connectivity index (χ2v) is 16.7. The number of ether oxygens (including phenoxy) is 3. The number of rotatable bonds is 45. The SMILES string of the molecule is CC/C=C\C/C=C\CCCCC(=O)OCC(COC(=O)CCCCCCCCCCCCCCCCCCCC)OC(=O)CCCCCCCCCCCCCC. The van der Waals surface area contributed by atoms with Crippen molar-refractivity contribution >= 4 is 17.9 Å². The molecule has 0 spiro atoms. The van der Waals surface area contributed by atoms with Crippen LogP contribution in [-0.2, 0) is 28.6 Å². The van der Waals surface area contributed by atoms with Crippen LogP contribution in [0.2, 0.25) is 0 Å². The molecular weight excluding hydrogens is 709 g/mol. The lowest BCUT2D eigenvalue weighted by molar-refractivity contribution is -0.167. The normalized spacial score (nSPS) is 12.1. The summed E-state index contributed by atoms with van der Waals surface area (Å²) in [6, 6.07) is 0. The molecule has 0 aromatic heterocycles. The molecule has 6 nitrogen and oxygen atoms in total. The fourth-order valence-corrected chi connectivity index (χ4v) is 7.25.